The van der Waals surface area contributed by atoms with Crippen LogP contribution >= 0.6 is 0 Å². The molecule has 0 bridgehead atoms. The molecule has 0 radical (unpaired) electrons. The van der Waals surface area contributed by atoms with E-state index in [9.17, 15) is 26.3 Å². The van der Waals surface area contributed by atoms with E-state index in [1.54, 1.807) is 0 Å². The van der Waals surface area contributed by atoms with Crippen molar-refractivity contribution in [2.75, 3.05) is 13.2 Å². The maximum absolute atomic E-state index is 13.0. The van der Waals surface area contributed by atoms with Gasteiger partial charge >= 0.3 is 12.4 Å². The third-order valence-corrected chi connectivity index (χ3v) is 4.29. The summed E-state index contributed by atoms with van der Waals surface area (Å²) in [4.78, 5) is 0. The molecule has 0 aliphatic carbocycles. The zero-order valence-electron chi connectivity index (χ0n) is 17.7. The minimum absolute atomic E-state index is 0.0826. The molecule has 32 heavy (non-hydrogen) atoms. The van der Waals surface area contributed by atoms with Crippen molar-refractivity contribution >= 4 is 12.2 Å². The molecule has 2 aromatic rings. The Morgan fingerprint density at radius 2 is 1.31 bits per heavy atom. The lowest BCUT2D eigenvalue weighted by Crippen LogP contribution is -2.11. The highest BCUT2D eigenvalue weighted by Gasteiger charge is 2.36. The third kappa shape index (κ3) is 7.72. The fourth-order valence-electron chi connectivity index (χ4n) is 2.56. The average Bonchev–Trinajstić information content (AvgIpc) is 2.72. The number of alkyl halides is 6. The van der Waals surface area contributed by atoms with Crippen LogP contribution in [0.25, 0.3) is 12.2 Å². The van der Waals surface area contributed by atoms with Gasteiger partial charge in [0.2, 0.25) is 0 Å². The maximum atomic E-state index is 13.0. The Labute approximate surface area is 182 Å². The summed E-state index contributed by atoms with van der Waals surface area (Å²) in [5, 5.41) is 7.86. The summed E-state index contributed by atoms with van der Waals surface area (Å²) >= 11 is 0. The summed E-state index contributed by atoms with van der Waals surface area (Å²) in [6.07, 6.45) is -4.05. The van der Waals surface area contributed by atoms with Crippen molar-refractivity contribution in [3.05, 3.63) is 46.6 Å². The van der Waals surface area contributed by atoms with Gasteiger partial charge in [0.15, 0.2) is 5.75 Å². The molecule has 0 saturated carbocycles. The molecule has 1 aromatic heterocycles. The Morgan fingerprint density at radius 1 is 0.750 bits per heavy atom. The molecule has 176 valence electrons. The maximum Gasteiger partial charge on any atom is 0.416 e. The van der Waals surface area contributed by atoms with Gasteiger partial charge in [-0.1, -0.05) is 32.8 Å². The summed E-state index contributed by atoms with van der Waals surface area (Å²) in [5.74, 6) is 0.495. The Balaban J connectivity index is 2.34. The highest BCUT2D eigenvalue weighted by atomic mass is 19.4. The number of ether oxygens (including phenoxy) is 2. The average molecular weight is 462 g/mol. The molecule has 2 rings (SSSR count). The van der Waals surface area contributed by atoms with Crippen molar-refractivity contribution in [1.29, 1.82) is 0 Å². The third-order valence-electron chi connectivity index (χ3n) is 4.29. The number of rotatable bonds is 10. The van der Waals surface area contributed by atoms with Gasteiger partial charge in [0.1, 0.15) is 0 Å². The molecule has 0 saturated heterocycles. The highest BCUT2D eigenvalue weighted by Crippen LogP contribution is 2.36. The van der Waals surface area contributed by atoms with E-state index in [1.165, 1.54) is 12.1 Å². The van der Waals surface area contributed by atoms with Crippen molar-refractivity contribution in [3.63, 3.8) is 0 Å². The number of nitrogens with zero attached hydrogens (tertiary/aromatic N) is 2. The first kappa shape index (κ1) is 25.5. The second kappa shape index (κ2) is 11.2. The predicted molar refractivity (Wildman–Crippen MR) is 108 cm³/mol. The lowest BCUT2D eigenvalue weighted by molar-refractivity contribution is -0.143. The van der Waals surface area contributed by atoms with Gasteiger partial charge in [-0.2, -0.15) is 26.3 Å². The van der Waals surface area contributed by atoms with Crippen LogP contribution in [0.4, 0.5) is 26.3 Å². The SMILES string of the molecule is CCCCOc1cc(/C=C/c2cc(C(F)(F)F)cc(C(F)(F)F)c2)nnc1OCCCC. The second-order valence-corrected chi connectivity index (χ2v) is 7.02. The summed E-state index contributed by atoms with van der Waals surface area (Å²) in [5.41, 5.74) is -2.85. The minimum Gasteiger partial charge on any atom is -0.488 e. The van der Waals surface area contributed by atoms with Gasteiger partial charge in [0.25, 0.3) is 5.88 Å². The predicted octanol–water partition coefficient (Wildman–Crippen LogP) is 7.04. The van der Waals surface area contributed by atoms with Crippen LogP contribution in [-0.2, 0) is 12.4 Å². The van der Waals surface area contributed by atoms with E-state index in [4.69, 9.17) is 9.47 Å². The first-order chi connectivity index (χ1) is 15.0. The summed E-state index contributed by atoms with van der Waals surface area (Å²) < 4.78 is 89.4. The molecule has 0 unspecified atom stereocenters. The van der Waals surface area contributed by atoms with Crippen LogP contribution in [0.5, 0.6) is 11.6 Å². The van der Waals surface area contributed by atoms with E-state index >= 15 is 0 Å². The van der Waals surface area contributed by atoms with E-state index < -0.39 is 23.5 Å². The smallest absolute Gasteiger partial charge is 0.416 e. The van der Waals surface area contributed by atoms with Gasteiger partial charge in [0, 0.05) is 6.07 Å². The molecule has 0 aliphatic rings. The van der Waals surface area contributed by atoms with Crippen molar-refractivity contribution in [1.82, 2.24) is 10.2 Å². The van der Waals surface area contributed by atoms with Crippen molar-refractivity contribution in [2.24, 2.45) is 0 Å². The molecule has 0 aliphatic heterocycles. The first-order valence-corrected chi connectivity index (χ1v) is 10.2. The van der Waals surface area contributed by atoms with Crippen molar-refractivity contribution in [3.8, 4) is 11.6 Å². The molecule has 0 N–H and O–H groups in total. The van der Waals surface area contributed by atoms with Crippen LogP contribution in [0.15, 0.2) is 24.3 Å². The molecule has 0 atom stereocenters. The zero-order valence-corrected chi connectivity index (χ0v) is 17.7. The topological polar surface area (TPSA) is 44.2 Å². The van der Waals surface area contributed by atoms with Crippen LogP contribution in [0, 0.1) is 0 Å². The number of hydrogen-bond donors (Lipinski definition) is 0. The zero-order chi connectivity index (χ0) is 23.8. The summed E-state index contributed by atoms with van der Waals surface area (Å²) in [6, 6.07) is 2.85. The fourth-order valence-corrected chi connectivity index (χ4v) is 2.56. The van der Waals surface area contributed by atoms with E-state index in [2.05, 4.69) is 10.2 Å². The van der Waals surface area contributed by atoms with Crippen LogP contribution in [0.1, 0.15) is 61.9 Å². The molecular weight excluding hydrogens is 438 g/mol. The second-order valence-electron chi connectivity index (χ2n) is 7.02. The molecular formula is C22H24F6N2O2. The number of benzene rings is 1. The molecule has 0 amide bonds. The van der Waals surface area contributed by atoms with E-state index in [-0.39, 0.29) is 23.2 Å². The molecule has 4 nitrogen and oxygen atoms in total. The van der Waals surface area contributed by atoms with Gasteiger partial charge in [0.05, 0.1) is 30.0 Å². The Morgan fingerprint density at radius 3 is 1.84 bits per heavy atom. The van der Waals surface area contributed by atoms with Gasteiger partial charge in [-0.25, -0.2) is 0 Å². The summed E-state index contributed by atoms with van der Waals surface area (Å²) in [7, 11) is 0. The number of halogens is 6. The number of aromatic nitrogens is 2. The van der Waals surface area contributed by atoms with Gasteiger partial charge in [-0.05, 0) is 42.7 Å². The van der Waals surface area contributed by atoms with Crippen LogP contribution in [0.3, 0.4) is 0 Å². The van der Waals surface area contributed by atoms with Crippen molar-refractivity contribution in [2.45, 2.75) is 51.9 Å². The Hall–Kier alpha value is -2.78. The van der Waals surface area contributed by atoms with Crippen molar-refractivity contribution < 1.29 is 35.8 Å². The van der Waals surface area contributed by atoms with E-state index in [1.807, 2.05) is 13.8 Å². The van der Waals surface area contributed by atoms with Gasteiger partial charge in [-0.15, -0.1) is 10.2 Å². The molecule has 1 heterocycles. The molecule has 10 heteroatoms. The standard InChI is InChI=1S/C22H24F6N2O2/c1-3-5-9-31-19-14-18(29-30-20(19)32-10-6-4-2)8-7-15-11-16(21(23,24)25)13-17(12-15)22(26,27)28/h7-8,11-14H,3-6,9-10H2,1-2H3/b8-7+. The van der Waals surface area contributed by atoms with Gasteiger partial charge < -0.3 is 9.47 Å². The fraction of sp³-hybridized carbons (Fsp3) is 0.455. The Kier molecular flexibility index (Phi) is 8.91. The number of unbranched alkanes of at least 4 members (excludes halogenated alkanes) is 2. The minimum atomic E-state index is -4.92. The molecule has 0 fully saturated rings. The number of hydrogen-bond acceptors (Lipinski definition) is 4. The van der Waals surface area contributed by atoms with E-state index in [0.29, 0.717) is 31.1 Å². The normalized spacial score (nSPS) is 12.4. The summed E-state index contributed by atoms with van der Waals surface area (Å²) in [6.45, 7) is 4.80. The first-order valence-electron chi connectivity index (χ1n) is 10.2. The molecule has 0 spiro atoms. The molecule has 1 aromatic carbocycles. The van der Waals surface area contributed by atoms with Crippen LogP contribution in [-0.4, -0.2) is 23.4 Å². The largest absolute Gasteiger partial charge is 0.488 e. The van der Waals surface area contributed by atoms with Crippen LogP contribution < -0.4 is 9.47 Å². The van der Waals surface area contributed by atoms with Gasteiger partial charge in [-0.3, -0.25) is 0 Å². The Bertz CT molecular complexity index is 878. The lowest BCUT2D eigenvalue weighted by Gasteiger charge is -2.13. The highest BCUT2D eigenvalue weighted by molar-refractivity contribution is 5.69. The lowest BCUT2D eigenvalue weighted by atomic mass is 10.0. The van der Waals surface area contributed by atoms with E-state index in [0.717, 1.165) is 31.8 Å². The quantitative estimate of drug-likeness (QED) is 0.281. The van der Waals surface area contributed by atoms with Crippen LogP contribution in [0.2, 0.25) is 0 Å². The monoisotopic (exact) mass is 462 g/mol.